The van der Waals surface area contributed by atoms with Crippen molar-refractivity contribution in [3.63, 3.8) is 0 Å². The summed E-state index contributed by atoms with van der Waals surface area (Å²) in [6.07, 6.45) is 6.11. The van der Waals surface area contributed by atoms with E-state index in [0.29, 0.717) is 0 Å². The molecule has 1 aromatic heterocycles. The molecule has 0 bridgehead atoms. The zero-order valence-corrected chi connectivity index (χ0v) is 12.5. The molecule has 1 aromatic rings. The predicted octanol–water partition coefficient (Wildman–Crippen LogP) is 1.87. The number of hydrogen-bond donors (Lipinski definition) is 1. The molecule has 2 aliphatic heterocycles. The summed E-state index contributed by atoms with van der Waals surface area (Å²) in [7, 11) is 0. The molecule has 1 atom stereocenters. The van der Waals surface area contributed by atoms with Crippen molar-refractivity contribution in [2.24, 2.45) is 0 Å². The van der Waals surface area contributed by atoms with Crippen molar-refractivity contribution in [3.8, 4) is 0 Å². The maximum atomic E-state index is 4.45. The smallest absolute Gasteiger partial charge is 0.0562 e. The van der Waals surface area contributed by atoms with E-state index in [1.54, 1.807) is 0 Å². The average Bonchev–Trinajstić information content (AvgIpc) is 2.53. The molecular formula is C16H26N4. The summed E-state index contributed by atoms with van der Waals surface area (Å²) in [5.74, 6) is 0. The fraction of sp³-hybridized carbons (Fsp3) is 0.688. The van der Waals surface area contributed by atoms with Crippen LogP contribution in [0.4, 0.5) is 5.69 Å². The van der Waals surface area contributed by atoms with Gasteiger partial charge in [-0.3, -0.25) is 9.88 Å². The molecule has 0 spiro atoms. The van der Waals surface area contributed by atoms with Gasteiger partial charge in [-0.2, -0.15) is 0 Å². The van der Waals surface area contributed by atoms with E-state index in [4.69, 9.17) is 0 Å². The van der Waals surface area contributed by atoms with Gasteiger partial charge in [0.2, 0.25) is 0 Å². The van der Waals surface area contributed by atoms with Crippen LogP contribution >= 0.6 is 0 Å². The molecule has 3 heterocycles. The van der Waals surface area contributed by atoms with Crippen LogP contribution < -0.4 is 10.2 Å². The van der Waals surface area contributed by atoms with E-state index < -0.39 is 0 Å². The van der Waals surface area contributed by atoms with Crippen LogP contribution in [0.1, 0.15) is 31.9 Å². The quantitative estimate of drug-likeness (QED) is 0.908. The lowest BCUT2D eigenvalue weighted by molar-refractivity contribution is 0.133. The summed E-state index contributed by atoms with van der Waals surface area (Å²) in [6, 6.07) is 5.18. The molecule has 0 aliphatic carbocycles. The molecule has 4 nitrogen and oxygen atoms in total. The van der Waals surface area contributed by atoms with Gasteiger partial charge in [-0.25, -0.2) is 0 Å². The maximum absolute atomic E-state index is 4.45. The Bertz CT molecular complexity index is 434. The van der Waals surface area contributed by atoms with Crippen molar-refractivity contribution in [1.82, 2.24) is 15.2 Å². The highest BCUT2D eigenvalue weighted by Crippen LogP contribution is 2.25. The number of anilines is 1. The first-order chi connectivity index (χ1) is 9.86. The molecule has 3 rings (SSSR count). The van der Waals surface area contributed by atoms with Crippen molar-refractivity contribution >= 4 is 5.69 Å². The van der Waals surface area contributed by atoms with E-state index in [1.165, 1.54) is 44.6 Å². The molecular weight excluding hydrogens is 248 g/mol. The number of piperazine rings is 1. The zero-order valence-electron chi connectivity index (χ0n) is 12.5. The van der Waals surface area contributed by atoms with Crippen LogP contribution in [0.5, 0.6) is 0 Å². The lowest BCUT2D eigenvalue weighted by atomic mass is 9.99. The molecule has 110 valence electrons. The van der Waals surface area contributed by atoms with E-state index in [1.807, 2.05) is 6.20 Å². The Labute approximate surface area is 122 Å². The zero-order chi connectivity index (χ0) is 13.8. The minimum atomic E-state index is 0.767. The van der Waals surface area contributed by atoms with Gasteiger partial charge >= 0.3 is 0 Å². The Morgan fingerprint density at radius 3 is 3.15 bits per heavy atom. The minimum absolute atomic E-state index is 0.767. The van der Waals surface area contributed by atoms with E-state index in [2.05, 4.69) is 39.2 Å². The Balaban J connectivity index is 1.66. The van der Waals surface area contributed by atoms with Gasteiger partial charge < -0.3 is 10.2 Å². The van der Waals surface area contributed by atoms with Crippen molar-refractivity contribution in [3.05, 3.63) is 24.0 Å². The number of aromatic nitrogens is 1. The second-order valence-electron chi connectivity index (χ2n) is 5.92. The van der Waals surface area contributed by atoms with Gasteiger partial charge in [0.25, 0.3) is 0 Å². The van der Waals surface area contributed by atoms with Gasteiger partial charge in [0.1, 0.15) is 0 Å². The number of fused-ring (bicyclic) bond motifs is 1. The molecule has 0 radical (unpaired) electrons. The number of nitrogens with zero attached hydrogens (tertiary/aromatic N) is 3. The lowest BCUT2D eigenvalue weighted by Gasteiger charge is -2.45. The predicted molar refractivity (Wildman–Crippen MR) is 83.0 cm³/mol. The average molecular weight is 274 g/mol. The van der Waals surface area contributed by atoms with Gasteiger partial charge in [0.15, 0.2) is 0 Å². The van der Waals surface area contributed by atoms with Crippen LogP contribution in [0.15, 0.2) is 18.3 Å². The number of pyridine rings is 1. The van der Waals surface area contributed by atoms with Gasteiger partial charge in [0.05, 0.1) is 5.69 Å². The van der Waals surface area contributed by atoms with E-state index in [9.17, 15) is 0 Å². The third-order valence-electron chi connectivity index (χ3n) is 4.56. The van der Waals surface area contributed by atoms with Gasteiger partial charge in [-0.1, -0.05) is 13.3 Å². The molecule has 2 aliphatic rings. The van der Waals surface area contributed by atoms with Gasteiger partial charge in [-0.05, 0) is 38.1 Å². The molecule has 4 heteroatoms. The normalized spacial score (nSPS) is 23.6. The summed E-state index contributed by atoms with van der Waals surface area (Å²) in [4.78, 5) is 9.68. The minimum Gasteiger partial charge on any atom is -0.369 e. The third kappa shape index (κ3) is 3.13. The fourth-order valence-electron chi connectivity index (χ4n) is 3.40. The molecule has 2 fully saturated rings. The summed E-state index contributed by atoms with van der Waals surface area (Å²) < 4.78 is 0. The standard InChI is InChI=1S/C16H26N4/c1-2-17-12-14-11-15(6-7-18-14)20-10-9-19-8-4-3-5-16(19)13-20/h6-7,11,16-17H,2-5,8-10,12-13H2,1H3. The Morgan fingerprint density at radius 2 is 2.25 bits per heavy atom. The summed E-state index contributed by atoms with van der Waals surface area (Å²) in [5, 5.41) is 3.35. The monoisotopic (exact) mass is 274 g/mol. The molecule has 1 unspecified atom stereocenters. The Morgan fingerprint density at radius 1 is 1.30 bits per heavy atom. The summed E-state index contributed by atoms with van der Waals surface area (Å²) >= 11 is 0. The number of piperidine rings is 1. The van der Waals surface area contributed by atoms with Crippen LogP contribution in [0.2, 0.25) is 0 Å². The summed E-state index contributed by atoms with van der Waals surface area (Å²) in [6.45, 7) is 8.86. The second kappa shape index (κ2) is 6.55. The van der Waals surface area contributed by atoms with Crippen molar-refractivity contribution in [2.45, 2.75) is 38.8 Å². The van der Waals surface area contributed by atoms with E-state index >= 15 is 0 Å². The number of rotatable bonds is 4. The van der Waals surface area contributed by atoms with Crippen LogP contribution in [0, 0.1) is 0 Å². The van der Waals surface area contributed by atoms with Crippen molar-refractivity contribution in [2.75, 3.05) is 37.6 Å². The fourth-order valence-corrected chi connectivity index (χ4v) is 3.40. The van der Waals surface area contributed by atoms with E-state index in [0.717, 1.165) is 31.4 Å². The second-order valence-corrected chi connectivity index (χ2v) is 5.92. The van der Waals surface area contributed by atoms with Crippen molar-refractivity contribution in [1.29, 1.82) is 0 Å². The first-order valence-corrected chi connectivity index (χ1v) is 8.01. The molecule has 20 heavy (non-hydrogen) atoms. The Kier molecular flexibility index (Phi) is 4.53. The first-order valence-electron chi connectivity index (χ1n) is 8.01. The highest BCUT2D eigenvalue weighted by Gasteiger charge is 2.28. The van der Waals surface area contributed by atoms with Crippen LogP contribution in [-0.2, 0) is 6.54 Å². The molecule has 2 saturated heterocycles. The SMILES string of the molecule is CCNCc1cc(N2CCN3CCCCC3C2)ccn1. The molecule has 0 saturated carbocycles. The highest BCUT2D eigenvalue weighted by atomic mass is 15.3. The molecule has 1 N–H and O–H groups in total. The largest absolute Gasteiger partial charge is 0.369 e. The topological polar surface area (TPSA) is 31.4 Å². The van der Waals surface area contributed by atoms with Crippen LogP contribution in [-0.4, -0.2) is 48.6 Å². The van der Waals surface area contributed by atoms with Gasteiger partial charge in [-0.15, -0.1) is 0 Å². The van der Waals surface area contributed by atoms with Crippen LogP contribution in [0.3, 0.4) is 0 Å². The number of hydrogen-bond acceptors (Lipinski definition) is 4. The first kappa shape index (κ1) is 13.8. The number of nitrogens with one attached hydrogen (secondary N) is 1. The van der Waals surface area contributed by atoms with Gasteiger partial charge in [0, 0.05) is 44.1 Å². The maximum Gasteiger partial charge on any atom is 0.0562 e. The molecule has 0 aromatic carbocycles. The van der Waals surface area contributed by atoms with Crippen LogP contribution in [0.25, 0.3) is 0 Å². The van der Waals surface area contributed by atoms with E-state index in [-0.39, 0.29) is 0 Å². The molecule has 0 amide bonds. The highest BCUT2D eigenvalue weighted by molar-refractivity contribution is 5.47. The Hall–Kier alpha value is -1.13. The summed E-state index contributed by atoms with van der Waals surface area (Å²) in [5.41, 5.74) is 2.49. The van der Waals surface area contributed by atoms with Crippen molar-refractivity contribution < 1.29 is 0 Å². The lowest BCUT2D eigenvalue weighted by Crippen LogP contribution is -2.54. The third-order valence-corrected chi connectivity index (χ3v) is 4.56.